The molecule has 1 atom stereocenters. The largest absolute Gasteiger partial charge is 0.507 e. The molecule has 0 amide bonds. The molecule has 1 heterocycles. The van der Waals surface area contributed by atoms with Crippen LogP contribution >= 0.6 is 0 Å². The molecule has 2 N–H and O–H groups in total. The summed E-state index contributed by atoms with van der Waals surface area (Å²) in [4.78, 5) is 11.8. The quantitative estimate of drug-likeness (QED) is 0.659. The number of fused-ring (bicyclic) bond motifs is 1. The van der Waals surface area contributed by atoms with Gasteiger partial charge in [-0.2, -0.15) is 0 Å². The Labute approximate surface area is 150 Å². The highest BCUT2D eigenvalue weighted by Crippen LogP contribution is 2.42. The van der Waals surface area contributed by atoms with Crippen LogP contribution in [-0.2, 0) is 6.42 Å². The molecule has 0 bridgehead atoms. The van der Waals surface area contributed by atoms with E-state index in [-0.39, 0.29) is 24.5 Å². The summed E-state index contributed by atoms with van der Waals surface area (Å²) in [6.45, 7) is 8.02. The van der Waals surface area contributed by atoms with Gasteiger partial charge in [-0.05, 0) is 63.8 Å². The predicted octanol–water partition coefficient (Wildman–Crippen LogP) is 5.59. The smallest absolute Gasteiger partial charge is 0.339 e. The molecule has 0 fully saturated rings. The van der Waals surface area contributed by atoms with E-state index in [1.54, 1.807) is 12.1 Å². The number of hydrogen-bond donors (Lipinski definition) is 2. The molecular weight excluding hydrogens is 316 g/mol. The second-order valence-electron chi connectivity index (χ2n) is 6.80. The Balaban J connectivity index is 0.00000312. The van der Waals surface area contributed by atoms with E-state index >= 15 is 0 Å². The molecule has 1 aliphatic rings. The molecule has 1 aromatic rings. The van der Waals surface area contributed by atoms with Gasteiger partial charge in [0.15, 0.2) is 0 Å². The van der Waals surface area contributed by atoms with Gasteiger partial charge in [0.05, 0.1) is 5.56 Å². The van der Waals surface area contributed by atoms with Crippen molar-refractivity contribution < 1.29 is 19.7 Å². The number of carbonyl (C=O) groups is 1. The van der Waals surface area contributed by atoms with E-state index in [0.717, 1.165) is 19.3 Å². The molecule has 1 unspecified atom stereocenters. The topological polar surface area (TPSA) is 66.8 Å². The average Bonchev–Trinajstić information content (AvgIpc) is 2.46. The first-order chi connectivity index (χ1) is 11.3. The van der Waals surface area contributed by atoms with Crippen molar-refractivity contribution in [2.45, 2.75) is 66.4 Å². The molecule has 1 aliphatic heterocycles. The van der Waals surface area contributed by atoms with Gasteiger partial charge in [0.25, 0.3) is 0 Å². The van der Waals surface area contributed by atoms with E-state index in [0.29, 0.717) is 17.5 Å². The van der Waals surface area contributed by atoms with Crippen molar-refractivity contribution in [3.63, 3.8) is 0 Å². The standard InChI is InChI=1S/C20H26O4.CH4/c1-5-7-14-12-16(21)15-9-11-20(4,10-6-8-13(2)3)24-18(15)17(14)19(22)23;/h8-9,11-12,21H,5-7,10H2,1-4H3,(H,22,23);1H4. The number of hydrogen-bond acceptors (Lipinski definition) is 3. The Hall–Kier alpha value is -2.23. The maximum absolute atomic E-state index is 11.8. The van der Waals surface area contributed by atoms with E-state index in [1.165, 1.54) is 5.57 Å². The molecule has 0 spiro atoms. The maximum atomic E-state index is 11.8. The van der Waals surface area contributed by atoms with Gasteiger partial charge in [0.1, 0.15) is 22.7 Å². The van der Waals surface area contributed by atoms with Gasteiger partial charge >= 0.3 is 5.97 Å². The van der Waals surface area contributed by atoms with Gasteiger partial charge in [-0.25, -0.2) is 4.79 Å². The van der Waals surface area contributed by atoms with Gasteiger partial charge in [-0.15, -0.1) is 0 Å². The highest BCUT2D eigenvalue weighted by atomic mass is 16.5. The third kappa shape index (κ3) is 4.65. The van der Waals surface area contributed by atoms with E-state index in [2.05, 4.69) is 6.08 Å². The number of carboxylic acids is 1. The number of allylic oxidation sites excluding steroid dienone is 2. The van der Waals surface area contributed by atoms with E-state index < -0.39 is 11.6 Å². The predicted molar refractivity (Wildman–Crippen MR) is 103 cm³/mol. The molecule has 4 nitrogen and oxygen atoms in total. The summed E-state index contributed by atoms with van der Waals surface area (Å²) in [5, 5.41) is 19.9. The highest BCUT2D eigenvalue weighted by molar-refractivity contribution is 5.95. The summed E-state index contributed by atoms with van der Waals surface area (Å²) >= 11 is 0. The van der Waals surface area contributed by atoms with Crippen LogP contribution in [0.5, 0.6) is 11.5 Å². The van der Waals surface area contributed by atoms with Crippen LogP contribution in [0.15, 0.2) is 23.8 Å². The number of aromatic hydroxyl groups is 1. The van der Waals surface area contributed by atoms with Crippen molar-refractivity contribution in [3.05, 3.63) is 40.5 Å². The summed E-state index contributed by atoms with van der Waals surface area (Å²) < 4.78 is 6.10. The zero-order chi connectivity index (χ0) is 17.9. The fraction of sp³-hybridized carbons (Fsp3) is 0.476. The number of phenolic OH excluding ortho intramolecular Hbond substituents is 1. The summed E-state index contributed by atoms with van der Waals surface area (Å²) in [7, 11) is 0. The molecule has 2 rings (SSSR count). The van der Waals surface area contributed by atoms with Gasteiger partial charge in [0.2, 0.25) is 0 Å². The Morgan fingerprint density at radius 1 is 1.36 bits per heavy atom. The van der Waals surface area contributed by atoms with E-state index in [1.807, 2.05) is 33.8 Å². The summed E-state index contributed by atoms with van der Waals surface area (Å²) in [5.41, 5.74) is 1.89. The van der Waals surface area contributed by atoms with Gasteiger partial charge < -0.3 is 14.9 Å². The molecule has 25 heavy (non-hydrogen) atoms. The number of aromatic carboxylic acids is 1. The number of carboxylic acid groups (broad SMARTS) is 1. The number of rotatable bonds is 6. The lowest BCUT2D eigenvalue weighted by Gasteiger charge is -2.33. The number of aryl methyl sites for hydroxylation is 1. The molecule has 0 aromatic heterocycles. The SMILES string of the molecule is C.CCCc1cc(O)c2c(c1C(=O)O)OC(C)(CCC=C(C)C)C=C2. The molecule has 1 aromatic carbocycles. The Kier molecular flexibility index (Phi) is 6.86. The summed E-state index contributed by atoms with van der Waals surface area (Å²) in [5.74, 6) is -0.661. The second kappa shape index (κ2) is 8.24. The minimum atomic E-state index is -1.02. The van der Waals surface area contributed by atoms with Crippen LogP contribution in [0.25, 0.3) is 6.08 Å². The lowest BCUT2D eigenvalue weighted by Crippen LogP contribution is -2.32. The number of benzene rings is 1. The fourth-order valence-corrected chi connectivity index (χ4v) is 2.99. The Morgan fingerprint density at radius 3 is 2.60 bits per heavy atom. The number of phenols is 1. The zero-order valence-electron chi connectivity index (χ0n) is 14.8. The van der Waals surface area contributed by atoms with Gasteiger partial charge in [-0.1, -0.05) is 32.4 Å². The third-order valence-electron chi connectivity index (χ3n) is 4.24. The van der Waals surface area contributed by atoms with Crippen molar-refractivity contribution in [2.75, 3.05) is 0 Å². The molecule has 138 valence electrons. The average molecular weight is 346 g/mol. The molecular formula is C21H30O4. The van der Waals surface area contributed by atoms with Crippen LogP contribution in [0.4, 0.5) is 0 Å². The normalized spacial score (nSPS) is 17.9. The third-order valence-corrected chi connectivity index (χ3v) is 4.24. The highest BCUT2D eigenvalue weighted by Gasteiger charge is 2.32. The lowest BCUT2D eigenvalue weighted by atomic mass is 9.91. The monoisotopic (exact) mass is 346 g/mol. The van der Waals surface area contributed by atoms with E-state index in [9.17, 15) is 15.0 Å². The molecule has 4 heteroatoms. The first-order valence-electron chi connectivity index (χ1n) is 8.41. The van der Waals surface area contributed by atoms with Gasteiger partial charge in [0, 0.05) is 0 Å². The summed E-state index contributed by atoms with van der Waals surface area (Å²) in [6, 6.07) is 1.55. The number of ether oxygens (including phenoxy) is 1. The zero-order valence-corrected chi connectivity index (χ0v) is 14.8. The molecule has 0 saturated carbocycles. The van der Waals surface area contributed by atoms with Gasteiger partial charge in [-0.3, -0.25) is 0 Å². The van der Waals surface area contributed by atoms with Crippen molar-refractivity contribution >= 4 is 12.0 Å². The fourth-order valence-electron chi connectivity index (χ4n) is 2.99. The second-order valence-corrected chi connectivity index (χ2v) is 6.80. The Bertz CT molecular complexity index is 696. The van der Waals surface area contributed by atoms with Crippen molar-refractivity contribution in [1.82, 2.24) is 0 Å². The minimum Gasteiger partial charge on any atom is -0.507 e. The van der Waals surface area contributed by atoms with Crippen LogP contribution in [0, 0.1) is 0 Å². The van der Waals surface area contributed by atoms with Crippen molar-refractivity contribution in [1.29, 1.82) is 0 Å². The molecule has 0 aliphatic carbocycles. The maximum Gasteiger partial charge on any atom is 0.339 e. The minimum absolute atomic E-state index is 0. The van der Waals surface area contributed by atoms with E-state index in [4.69, 9.17) is 4.74 Å². The van der Waals surface area contributed by atoms with Crippen LogP contribution in [0.2, 0.25) is 0 Å². The Morgan fingerprint density at radius 2 is 2.04 bits per heavy atom. The van der Waals surface area contributed by atoms with Crippen LogP contribution in [0.3, 0.4) is 0 Å². The van der Waals surface area contributed by atoms with Crippen LogP contribution in [-0.4, -0.2) is 21.8 Å². The van der Waals surface area contributed by atoms with Crippen LogP contribution in [0.1, 0.15) is 75.9 Å². The first kappa shape index (κ1) is 20.8. The van der Waals surface area contributed by atoms with Crippen LogP contribution < -0.4 is 4.74 Å². The lowest BCUT2D eigenvalue weighted by molar-refractivity contribution is 0.0678. The summed E-state index contributed by atoms with van der Waals surface area (Å²) in [6.07, 6.45) is 8.79. The molecule has 0 saturated heterocycles. The molecule has 0 radical (unpaired) electrons. The van der Waals surface area contributed by atoms with Crippen molar-refractivity contribution in [2.24, 2.45) is 0 Å². The van der Waals surface area contributed by atoms with Crippen molar-refractivity contribution in [3.8, 4) is 11.5 Å². The first-order valence-corrected chi connectivity index (χ1v) is 8.41.